The molecule has 2 rings (SSSR count). The summed E-state index contributed by atoms with van der Waals surface area (Å²) in [5.41, 5.74) is 7.66. The minimum Gasteiger partial charge on any atom is -0.487 e. The van der Waals surface area contributed by atoms with Gasteiger partial charge in [0.1, 0.15) is 23.9 Å². The van der Waals surface area contributed by atoms with Gasteiger partial charge in [0.25, 0.3) is 0 Å². The summed E-state index contributed by atoms with van der Waals surface area (Å²) in [7, 11) is 1.33. The zero-order valence-corrected chi connectivity index (χ0v) is 15.9. The van der Waals surface area contributed by atoms with E-state index in [-0.39, 0.29) is 11.7 Å². The number of methoxy groups -OCH3 is 1. The molecule has 5 nitrogen and oxygen atoms in total. The molecule has 0 aromatic heterocycles. The first-order valence-electron chi connectivity index (χ1n) is 7.02. The largest absolute Gasteiger partial charge is 0.487 e. The minimum absolute atomic E-state index is 0.104. The monoisotopic (exact) mass is 458 g/mol. The summed E-state index contributed by atoms with van der Waals surface area (Å²) in [4.78, 5) is 16.1. The second-order valence-corrected chi connectivity index (χ2v) is 6.24. The van der Waals surface area contributed by atoms with Crippen LogP contribution in [-0.2, 0) is 11.3 Å². The number of carbonyl (C=O) groups excluding carboxylic acids is 1. The lowest BCUT2D eigenvalue weighted by Crippen LogP contribution is -2.13. The van der Waals surface area contributed by atoms with Crippen LogP contribution in [0.15, 0.2) is 47.5 Å². The summed E-state index contributed by atoms with van der Waals surface area (Å²) in [5, 5.41) is 0. The molecule has 0 fully saturated rings. The van der Waals surface area contributed by atoms with Gasteiger partial charge in [-0.05, 0) is 40.3 Å². The van der Waals surface area contributed by atoms with Gasteiger partial charge in [-0.3, -0.25) is 0 Å². The third kappa shape index (κ3) is 4.85. The van der Waals surface area contributed by atoms with Crippen molar-refractivity contribution in [3.8, 4) is 5.75 Å². The highest BCUT2D eigenvalue weighted by Crippen LogP contribution is 2.35. The van der Waals surface area contributed by atoms with E-state index in [1.165, 1.54) is 7.11 Å². The van der Waals surface area contributed by atoms with E-state index < -0.39 is 5.97 Å². The fourth-order valence-electron chi connectivity index (χ4n) is 1.94. The molecule has 0 bridgehead atoms. The van der Waals surface area contributed by atoms with Gasteiger partial charge in [-0.25, -0.2) is 9.79 Å². The first-order chi connectivity index (χ1) is 11.5. The van der Waals surface area contributed by atoms with Crippen molar-refractivity contribution in [1.82, 2.24) is 0 Å². The maximum Gasteiger partial charge on any atom is 0.338 e. The Bertz CT molecular complexity index is 751. The Morgan fingerprint density at radius 2 is 2.00 bits per heavy atom. The number of nitrogens with zero attached hydrogens (tertiary/aromatic N) is 1. The average molecular weight is 459 g/mol. The van der Waals surface area contributed by atoms with Gasteiger partial charge in [-0.2, -0.15) is 0 Å². The number of alkyl halides is 1. The summed E-state index contributed by atoms with van der Waals surface area (Å²) in [6.45, 7) is 0.338. The van der Waals surface area contributed by atoms with Gasteiger partial charge in [0.15, 0.2) is 0 Å². The van der Waals surface area contributed by atoms with Crippen molar-refractivity contribution in [2.24, 2.45) is 10.7 Å². The Labute approximate surface area is 159 Å². The molecule has 0 spiro atoms. The standard InChI is InChI=1S/C17H16ClIN2O3/c1-23-17(22)12-7-13(19)16(21-15(20)9-18)14(8-12)24-10-11-5-3-2-4-6-11/h2-8H,9-10H2,1H3,(H2,20,21). The van der Waals surface area contributed by atoms with E-state index in [4.69, 9.17) is 26.8 Å². The quantitative estimate of drug-likeness (QED) is 0.234. The number of esters is 1. The Hall–Kier alpha value is -1.80. The molecular formula is C17H16ClIN2O3. The van der Waals surface area contributed by atoms with Gasteiger partial charge in [-0.1, -0.05) is 30.3 Å². The van der Waals surface area contributed by atoms with Gasteiger partial charge in [0.2, 0.25) is 0 Å². The molecule has 0 amide bonds. The SMILES string of the molecule is COC(=O)c1cc(I)c(N=C(N)CCl)c(OCc2ccccc2)c1. The summed E-state index contributed by atoms with van der Waals surface area (Å²) in [5.74, 6) is 0.370. The molecule has 0 saturated carbocycles. The van der Waals surface area contributed by atoms with Crippen LogP contribution < -0.4 is 10.5 Å². The second kappa shape index (κ2) is 8.89. The van der Waals surface area contributed by atoms with E-state index in [2.05, 4.69) is 27.6 Å². The average Bonchev–Trinajstić information content (AvgIpc) is 2.61. The lowest BCUT2D eigenvalue weighted by atomic mass is 10.2. The molecule has 24 heavy (non-hydrogen) atoms. The smallest absolute Gasteiger partial charge is 0.338 e. The number of hydrogen-bond donors (Lipinski definition) is 1. The van der Waals surface area contributed by atoms with Crippen molar-refractivity contribution < 1.29 is 14.3 Å². The molecule has 0 aliphatic rings. The van der Waals surface area contributed by atoms with Crippen LogP contribution in [0.25, 0.3) is 0 Å². The highest BCUT2D eigenvalue weighted by atomic mass is 127. The summed E-state index contributed by atoms with van der Waals surface area (Å²) < 4.78 is 11.4. The topological polar surface area (TPSA) is 73.9 Å². The van der Waals surface area contributed by atoms with Crippen molar-refractivity contribution in [2.75, 3.05) is 13.0 Å². The van der Waals surface area contributed by atoms with E-state index in [0.717, 1.165) is 5.56 Å². The Kier molecular flexibility index (Phi) is 6.86. The fourth-order valence-corrected chi connectivity index (χ4v) is 2.72. The minimum atomic E-state index is -0.446. The Balaban J connectivity index is 2.40. The molecule has 0 heterocycles. The maximum atomic E-state index is 11.8. The molecule has 0 unspecified atom stereocenters. The van der Waals surface area contributed by atoms with Crippen molar-refractivity contribution in [1.29, 1.82) is 0 Å². The molecule has 2 N–H and O–H groups in total. The van der Waals surface area contributed by atoms with Crippen LogP contribution >= 0.6 is 34.2 Å². The zero-order chi connectivity index (χ0) is 17.5. The van der Waals surface area contributed by atoms with Gasteiger partial charge in [-0.15, -0.1) is 11.6 Å². The first-order valence-corrected chi connectivity index (χ1v) is 8.64. The number of hydrogen-bond acceptors (Lipinski definition) is 4. The van der Waals surface area contributed by atoms with Crippen LogP contribution in [0.1, 0.15) is 15.9 Å². The molecular weight excluding hydrogens is 443 g/mol. The third-order valence-corrected chi connectivity index (χ3v) is 4.18. The molecule has 7 heteroatoms. The number of carbonyl (C=O) groups is 1. The van der Waals surface area contributed by atoms with Crippen LogP contribution in [0.4, 0.5) is 5.69 Å². The van der Waals surface area contributed by atoms with Gasteiger partial charge in [0.05, 0.1) is 18.6 Å². The van der Waals surface area contributed by atoms with Crippen LogP contribution in [0, 0.1) is 3.57 Å². The first kappa shape index (κ1) is 18.5. The van der Waals surface area contributed by atoms with Crippen LogP contribution in [0.2, 0.25) is 0 Å². The molecule has 126 valence electrons. The van der Waals surface area contributed by atoms with Crippen molar-refractivity contribution in [3.63, 3.8) is 0 Å². The Morgan fingerprint density at radius 3 is 2.62 bits per heavy atom. The van der Waals surface area contributed by atoms with Gasteiger partial charge in [0, 0.05) is 3.57 Å². The molecule has 0 aliphatic carbocycles. The predicted molar refractivity (Wildman–Crippen MR) is 103 cm³/mol. The molecule has 0 radical (unpaired) electrons. The predicted octanol–water partition coefficient (Wildman–Crippen LogP) is 3.88. The normalized spacial score (nSPS) is 11.2. The number of benzene rings is 2. The lowest BCUT2D eigenvalue weighted by Gasteiger charge is -2.13. The zero-order valence-electron chi connectivity index (χ0n) is 13.0. The number of amidine groups is 1. The van der Waals surface area contributed by atoms with E-state index in [1.54, 1.807) is 12.1 Å². The van der Waals surface area contributed by atoms with E-state index in [1.807, 2.05) is 30.3 Å². The highest BCUT2D eigenvalue weighted by molar-refractivity contribution is 14.1. The summed E-state index contributed by atoms with van der Waals surface area (Å²) in [6.07, 6.45) is 0. The molecule has 2 aromatic carbocycles. The third-order valence-electron chi connectivity index (χ3n) is 3.08. The van der Waals surface area contributed by atoms with E-state index in [0.29, 0.717) is 27.2 Å². The van der Waals surface area contributed by atoms with Crippen LogP contribution in [-0.4, -0.2) is 24.8 Å². The number of halogens is 2. The van der Waals surface area contributed by atoms with E-state index >= 15 is 0 Å². The van der Waals surface area contributed by atoms with Gasteiger partial charge >= 0.3 is 5.97 Å². The van der Waals surface area contributed by atoms with Crippen LogP contribution in [0.3, 0.4) is 0 Å². The summed E-state index contributed by atoms with van der Waals surface area (Å²) >= 11 is 7.78. The van der Waals surface area contributed by atoms with Crippen molar-refractivity contribution in [2.45, 2.75) is 6.61 Å². The molecule has 0 saturated heterocycles. The lowest BCUT2D eigenvalue weighted by molar-refractivity contribution is 0.0600. The molecule has 0 aliphatic heterocycles. The highest BCUT2D eigenvalue weighted by Gasteiger charge is 2.15. The number of aliphatic imine (C=N–C) groups is 1. The van der Waals surface area contributed by atoms with E-state index in [9.17, 15) is 4.79 Å². The summed E-state index contributed by atoms with van der Waals surface area (Å²) in [6, 6.07) is 13.0. The Morgan fingerprint density at radius 1 is 1.29 bits per heavy atom. The maximum absolute atomic E-state index is 11.8. The second-order valence-electron chi connectivity index (χ2n) is 4.81. The van der Waals surface area contributed by atoms with Gasteiger partial charge < -0.3 is 15.2 Å². The fraction of sp³-hybridized carbons (Fsp3) is 0.176. The molecule has 2 aromatic rings. The number of nitrogens with two attached hydrogens (primary N) is 1. The number of ether oxygens (including phenoxy) is 2. The number of rotatable bonds is 6. The molecule has 0 atom stereocenters. The van der Waals surface area contributed by atoms with Crippen molar-refractivity contribution in [3.05, 3.63) is 57.2 Å². The van der Waals surface area contributed by atoms with Crippen LogP contribution in [0.5, 0.6) is 5.75 Å². The van der Waals surface area contributed by atoms with Crippen molar-refractivity contribution >= 4 is 51.7 Å².